The van der Waals surface area contributed by atoms with Crippen molar-refractivity contribution in [3.05, 3.63) is 23.7 Å². The molecule has 3 aromatic rings. The van der Waals surface area contributed by atoms with Gasteiger partial charge in [0.25, 0.3) is 15.7 Å². The minimum absolute atomic E-state index is 0.00694. The summed E-state index contributed by atoms with van der Waals surface area (Å²) in [4.78, 5) is 4.03. The van der Waals surface area contributed by atoms with Crippen LogP contribution < -0.4 is 4.72 Å². The molecule has 9 nitrogen and oxygen atoms in total. The summed E-state index contributed by atoms with van der Waals surface area (Å²) in [6, 6.07) is 1.51. The van der Waals surface area contributed by atoms with Gasteiger partial charge in [-0.1, -0.05) is 10.3 Å². The van der Waals surface area contributed by atoms with Crippen LogP contribution in [0.25, 0.3) is 11.1 Å². The molecule has 1 aliphatic rings. The van der Waals surface area contributed by atoms with Gasteiger partial charge in [0.15, 0.2) is 0 Å². The fraction of sp³-hybridized carbons (Fsp3) is 0.333. The number of hydrogen-bond donors (Lipinski definition) is 1. The van der Waals surface area contributed by atoms with Gasteiger partial charge in [0, 0.05) is 5.92 Å². The Morgan fingerprint density at radius 3 is 2.77 bits per heavy atom. The second-order valence-corrected chi connectivity index (χ2v) is 6.85. The van der Waals surface area contributed by atoms with E-state index < -0.39 is 10.0 Å². The molecular weight excluding hydrogens is 310 g/mol. The lowest BCUT2D eigenvalue weighted by molar-refractivity contribution is 0.306. The largest absolute Gasteiger partial charge is 0.336 e. The molecule has 10 heteroatoms. The fourth-order valence-electron chi connectivity index (χ4n) is 2.14. The minimum atomic E-state index is -3.84. The summed E-state index contributed by atoms with van der Waals surface area (Å²) in [5.41, 5.74) is 1.44. The van der Waals surface area contributed by atoms with Crippen molar-refractivity contribution >= 4 is 26.9 Å². The topological polar surface area (TPSA) is 124 Å². The third-order valence-electron chi connectivity index (χ3n) is 3.49. The SMILES string of the molecule is Cc1nonc1NS(=O)(=O)c1cnc2onc(C3CC3)c2c1. The first kappa shape index (κ1) is 13.2. The van der Waals surface area contributed by atoms with E-state index in [4.69, 9.17) is 4.52 Å². The first-order valence-electron chi connectivity index (χ1n) is 6.62. The highest BCUT2D eigenvalue weighted by molar-refractivity contribution is 7.92. The van der Waals surface area contributed by atoms with Crippen molar-refractivity contribution in [1.29, 1.82) is 0 Å². The molecular formula is C12H11N5O4S. The zero-order chi connectivity index (χ0) is 15.3. The highest BCUT2D eigenvalue weighted by atomic mass is 32.2. The summed E-state index contributed by atoms with van der Waals surface area (Å²) in [6.45, 7) is 1.58. The maximum atomic E-state index is 12.4. The summed E-state index contributed by atoms with van der Waals surface area (Å²) < 4.78 is 36.7. The van der Waals surface area contributed by atoms with Gasteiger partial charge in [0.05, 0.1) is 17.3 Å². The zero-order valence-electron chi connectivity index (χ0n) is 11.5. The minimum Gasteiger partial charge on any atom is -0.336 e. The Kier molecular flexibility index (Phi) is 2.70. The molecule has 0 unspecified atom stereocenters. The van der Waals surface area contributed by atoms with Gasteiger partial charge in [-0.25, -0.2) is 18.0 Å². The van der Waals surface area contributed by atoms with Crippen LogP contribution in [0.15, 0.2) is 26.3 Å². The lowest BCUT2D eigenvalue weighted by Crippen LogP contribution is -2.14. The smallest absolute Gasteiger partial charge is 0.264 e. The summed E-state index contributed by atoms with van der Waals surface area (Å²) in [5.74, 6) is 0.379. The number of pyridine rings is 1. The Morgan fingerprint density at radius 1 is 1.27 bits per heavy atom. The standard InChI is InChI=1S/C12H11N5O4S/c1-6-11(16-21-14-6)17-22(18,19)8-4-9-10(7-2-3-7)15-20-12(9)13-5-8/h4-5,7H,2-3H2,1H3,(H,16,17). The highest BCUT2D eigenvalue weighted by Gasteiger charge is 2.30. The number of rotatable bonds is 4. The Labute approximate surface area is 124 Å². The van der Waals surface area contributed by atoms with Crippen LogP contribution >= 0.6 is 0 Å². The molecule has 4 rings (SSSR count). The molecule has 0 saturated heterocycles. The second-order valence-electron chi connectivity index (χ2n) is 5.17. The molecule has 0 atom stereocenters. The van der Waals surface area contributed by atoms with E-state index in [1.165, 1.54) is 12.3 Å². The molecule has 0 amide bonds. The molecule has 1 saturated carbocycles. The lowest BCUT2D eigenvalue weighted by atomic mass is 10.2. The monoisotopic (exact) mass is 321 g/mol. The third kappa shape index (κ3) is 2.11. The molecule has 0 spiro atoms. The van der Waals surface area contributed by atoms with Crippen LogP contribution in [0.5, 0.6) is 0 Å². The summed E-state index contributed by atoms with van der Waals surface area (Å²) >= 11 is 0. The maximum Gasteiger partial charge on any atom is 0.264 e. The summed E-state index contributed by atoms with van der Waals surface area (Å²) in [6.07, 6.45) is 3.27. The molecule has 0 aromatic carbocycles. The molecule has 0 radical (unpaired) electrons. The Bertz CT molecular complexity index is 957. The number of aromatic nitrogens is 4. The molecule has 3 aromatic heterocycles. The van der Waals surface area contributed by atoms with Crippen LogP contribution in [0.2, 0.25) is 0 Å². The van der Waals surface area contributed by atoms with E-state index in [0.29, 0.717) is 22.7 Å². The number of nitrogens with one attached hydrogen (secondary N) is 1. The quantitative estimate of drug-likeness (QED) is 0.768. The first-order chi connectivity index (χ1) is 10.5. The van der Waals surface area contributed by atoms with E-state index in [2.05, 4.69) is 29.8 Å². The van der Waals surface area contributed by atoms with E-state index in [1.54, 1.807) is 6.92 Å². The van der Waals surface area contributed by atoms with Gasteiger partial charge >= 0.3 is 0 Å². The molecule has 0 aliphatic heterocycles. The van der Waals surface area contributed by atoms with E-state index in [9.17, 15) is 8.42 Å². The van der Waals surface area contributed by atoms with Crippen LogP contribution in [0, 0.1) is 6.92 Å². The Morgan fingerprint density at radius 2 is 2.09 bits per heavy atom. The summed E-state index contributed by atoms with van der Waals surface area (Å²) in [7, 11) is -3.84. The second kappa shape index (κ2) is 4.50. The average Bonchev–Trinajstić information content (AvgIpc) is 3.13. The molecule has 1 fully saturated rings. The van der Waals surface area contributed by atoms with Crippen molar-refractivity contribution in [1.82, 2.24) is 20.5 Å². The Hall–Kier alpha value is -2.49. The number of hydrogen-bond acceptors (Lipinski definition) is 8. The number of fused-ring (bicyclic) bond motifs is 1. The van der Waals surface area contributed by atoms with Crippen molar-refractivity contribution < 1.29 is 17.6 Å². The predicted molar refractivity (Wildman–Crippen MR) is 73.6 cm³/mol. The third-order valence-corrected chi connectivity index (χ3v) is 4.80. The van der Waals surface area contributed by atoms with Crippen LogP contribution in [0.1, 0.15) is 30.1 Å². The first-order valence-corrected chi connectivity index (χ1v) is 8.10. The van der Waals surface area contributed by atoms with Crippen molar-refractivity contribution in [2.75, 3.05) is 4.72 Å². The fourth-order valence-corrected chi connectivity index (χ4v) is 3.16. The normalized spacial score (nSPS) is 15.3. The number of nitrogens with zero attached hydrogens (tertiary/aromatic N) is 4. The van der Waals surface area contributed by atoms with Gasteiger partial charge in [-0.3, -0.25) is 4.72 Å². The molecule has 22 heavy (non-hydrogen) atoms. The summed E-state index contributed by atoms with van der Waals surface area (Å²) in [5, 5.41) is 11.6. The molecule has 1 N–H and O–H groups in total. The number of aryl methyl sites for hydroxylation is 1. The van der Waals surface area contributed by atoms with Crippen LogP contribution in [-0.2, 0) is 10.0 Å². The predicted octanol–water partition coefficient (Wildman–Crippen LogP) is 1.59. The van der Waals surface area contributed by atoms with E-state index >= 15 is 0 Å². The van der Waals surface area contributed by atoms with Crippen molar-refractivity contribution in [3.63, 3.8) is 0 Å². The van der Waals surface area contributed by atoms with Gasteiger partial charge < -0.3 is 4.52 Å². The van der Waals surface area contributed by atoms with E-state index in [1.807, 2.05) is 0 Å². The molecule has 1 aliphatic carbocycles. The van der Waals surface area contributed by atoms with E-state index in [-0.39, 0.29) is 10.7 Å². The van der Waals surface area contributed by atoms with Gasteiger partial charge in [0.2, 0.25) is 5.82 Å². The molecule has 0 bridgehead atoms. The Balaban J connectivity index is 1.76. The van der Waals surface area contributed by atoms with Crippen molar-refractivity contribution in [3.8, 4) is 0 Å². The lowest BCUT2D eigenvalue weighted by Gasteiger charge is -2.04. The molecule has 3 heterocycles. The van der Waals surface area contributed by atoms with E-state index in [0.717, 1.165) is 18.5 Å². The average molecular weight is 321 g/mol. The van der Waals surface area contributed by atoms with Gasteiger partial charge in [-0.15, -0.1) is 0 Å². The zero-order valence-corrected chi connectivity index (χ0v) is 12.3. The maximum absolute atomic E-state index is 12.4. The number of sulfonamides is 1. The van der Waals surface area contributed by atoms with Crippen molar-refractivity contribution in [2.24, 2.45) is 0 Å². The molecule has 114 valence electrons. The van der Waals surface area contributed by atoms with Gasteiger partial charge in [0.1, 0.15) is 10.6 Å². The number of anilines is 1. The highest BCUT2D eigenvalue weighted by Crippen LogP contribution is 2.42. The van der Waals surface area contributed by atoms with Crippen LogP contribution in [0.4, 0.5) is 5.82 Å². The van der Waals surface area contributed by atoms with Crippen LogP contribution in [0.3, 0.4) is 0 Å². The van der Waals surface area contributed by atoms with Crippen LogP contribution in [-0.4, -0.2) is 28.9 Å². The van der Waals surface area contributed by atoms with Gasteiger partial charge in [-0.2, -0.15) is 0 Å². The van der Waals surface area contributed by atoms with Gasteiger partial charge in [-0.05, 0) is 31.0 Å². The van der Waals surface area contributed by atoms with Crippen molar-refractivity contribution in [2.45, 2.75) is 30.6 Å².